The van der Waals surface area contributed by atoms with Gasteiger partial charge in [-0.3, -0.25) is 4.79 Å². The second kappa shape index (κ2) is 5.61. The van der Waals surface area contributed by atoms with Crippen LogP contribution in [0.4, 0.5) is 0 Å². The molecule has 1 aliphatic rings. The molecule has 1 saturated heterocycles. The lowest BCUT2D eigenvalue weighted by Gasteiger charge is -2.38. The van der Waals surface area contributed by atoms with Crippen molar-refractivity contribution in [2.24, 2.45) is 0 Å². The fourth-order valence-corrected chi connectivity index (χ4v) is 2.44. The second-order valence-corrected chi connectivity index (χ2v) is 5.11. The Bertz CT molecular complexity index is 472. The summed E-state index contributed by atoms with van der Waals surface area (Å²) in [4.78, 5) is 14.5. The molecule has 1 aromatic carbocycles. The Hall–Kier alpha value is -1.55. The summed E-state index contributed by atoms with van der Waals surface area (Å²) in [7, 11) is 0. The van der Waals surface area contributed by atoms with E-state index in [0.717, 1.165) is 6.42 Å². The van der Waals surface area contributed by atoms with Crippen LogP contribution in [-0.4, -0.2) is 41.2 Å². The van der Waals surface area contributed by atoms with Gasteiger partial charge in [-0.05, 0) is 32.4 Å². The van der Waals surface area contributed by atoms with Gasteiger partial charge in [0.05, 0.1) is 18.8 Å². The number of aromatic hydroxyl groups is 1. The van der Waals surface area contributed by atoms with Gasteiger partial charge in [-0.2, -0.15) is 0 Å². The zero-order valence-corrected chi connectivity index (χ0v) is 11.7. The lowest BCUT2D eigenvalue weighted by atomic mass is 10.0. The Morgan fingerprint density at radius 1 is 1.53 bits per heavy atom. The van der Waals surface area contributed by atoms with Crippen molar-refractivity contribution in [3.63, 3.8) is 0 Å². The molecule has 2 atom stereocenters. The standard InChI is InChI=1S/C15H21NO3/c1-4-12-9-19-10(2)8-16(12)15(18)13-6-5-7-14(17)11(13)3/h5-7,10,12,17H,4,8-9H2,1-3H3. The number of carbonyl (C=O) groups is 1. The van der Waals surface area contributed by atoms with E-state index < -0.39 is 0 Å². The number of nitrogens with zero attached hydrogens (tertiary/aromatic N) is 1. The smallest absolute Gasteiger partial charge is 0.254 e. The number of phenolic OH excluding ortho intramolecular Hbond substituents is 1. The molecule has 19 heavy (non-hydrogen) atoms. The van der Waals surface area contributed by atoms with Crippen molar-refractivity contribution in [2.45, 2.75) is 39.3 Å². The highest BCUT2D eigenvalue weighted by Gasteiger charge is 2.30. The number of rotatable bonds is 2. The summed E-state index contributed by atoms with van der Waals surface area (Å²) < 4.78 is 5.61. The van der Waals surface area contributed by atoms with Crippen LogP contribution in [-0.2, 0) is 4.74 Å². The molecule has 1 heterocycles. The van der Waals surface area contributed by atoms with Gasteiger partial charge in [-0.1, -0.05) is 13.0 Å². The molecular formula is C15H21NO3. The summed E-state index contributed by atoms with van der Waals surface area (Å²) in [5.74, 6) is 0.149. The Morgan fingerprint density at radius 3 is 2.95 bits per heavy atom. The molecular weight excluding hydrogens is 242 g/mol. The molecule has 1 N–H and O–H groups in total. The van der Waals surface area contributed by atoms with Crippen molar-refractivity contribution < 1.29 is 14.6 Å². The second-order valence-electron chi connectivity index (χ2n) is 5.11. The monoisotopic (exact) mass is 263 g/mol. The van der Waals surface area contributed by atoms with Gasteiger partial charge in [0.25, 0.3) is 5.91 Å². The van der Waals surface area contributed by atoms with E-state index in [-0.39, 0.29) is 23.8 Å². The lowest BCUT2D eigenvalue weighted by Crippen LogP contribution is -2.51. The molecule has 0 spiro atoms. The number of hydrogen-bond donors (Lipinski definition) is 1. The van der Waals surface area contributed by atoms with E-state index in [0.29, 0.717) is 24.3 Å². The van der Waals surface area contributed by atoms with Crippen molar-refractivity contribution in [1.82, 2.24) is 4.90 Å². The first-order chi connectivity index (χ1) is 9.04. The third-order valence-electron chi connectivity index (χ3n) is 3.74. The van der Waals surface area contributed by atoms with E-state index in [9.17, 15) is 9.90 Å². The summed E-state index contributed by atoms with van der Waals surface area (Å²) in [5.41, 5.74) is 1.22. The topological polar surface area (TPSA) is 49.8 Å². The average Bonchev–Trinajstić information content (AvgIpc) is 2.41. The van der Waals surface area contributed by atoms with Gasteiger partial charge in [-0.15, -0.1) is 0 Å². The van der Waals surface area contributed by atoms with Crippen LogP contribution < -0.4 is 0 Å². The third kappa shape index (κ3) is 2.73. The number of morpholine rings is 1. The number of hydrogen-bond acceptors (Lipinski definition) is 3. The van der Waals surface area contributed by atoms with E-state index in [1.165, 1.54) is 0 Å². The molecule has 0 saturated carbocycles. The third-order valence-corrected chi connectivity index (χ3v) is 3.74. The minimum Gasteiger partial charge on any atom is -0.508 e. The van der Waals surface area contributed by atoms with E-state index >= 15 is 0 Å². The van der Waals surface area contributed by atoms with Gasteiger partial charge in [0.15, 0.2) is 0 Å². The minimum absolute atomic E-state index is 0.0181. The molecule has 4 nitrogen and oxygen atoms in total. The first kappa shape index (κ1) is 13.9. The van der Waals surface area contributed by atoms with Gasteiger partial charge in [-0.25, -0.2) is 0 Å². The van der Waals surface area contributed by atoms with Crippen molar-refractivity contribution in [2.75, 3.05) is 13.2 Å². The Labute approximate surface area is 114 Å². The van der Waals surface area contributed by atoms with Crippen LogP contribution in [0.5, 0.6) is 5.75 Å². The average molecular weight is 263 g/mol. The van der Waals surface area contributed by atoms with Crippen LogP contribution in [0.2, 0.25) is 0 Å². The van der Waals surface area contributed by atoms with Crippen LogP contribution in [0.15, 0.2) is 18.2 Å². The molecule has 1 aromatic rings. The maximum atomic E-state index is 12.6. The molecule has 0 aromatic heterocycles. The minimum atomic E-state index is -0.0181. The highest BCUT2D eigenvalue weighted by Crippen LogP contribution is 2.24. The number of phenols is 1. The van der Waals surface area contributed by atoms with Gasteiger partial charge < -0.3 is 14.7 Å². The molecule has 104 valence electrons. The maximum absolute atomic E-state index is 12.6. The maximum Gasteiger partial charge on any atom is 0.254 e. The molecule has 0 bridgehead atoms. The quantitative estimate of drug-likeness (QED) is 0.891. The highest BCUT2D eigenvalue weighted by atomic mass is 16.5. The van der Waals surface area contributed by atoms with Crippen molar-refractivity contribution >= 4 is 5.91 Å². The summed E-state index contributed by atoms with van der Waals surface area (Å²) in [6.45, 7) is 6.99. The van der Waals surface area contributed by atoms with E-state index in [1.807, 2.05) is 11.8 Å². The molecule has 0 aliphatic carbocycles. The largest absolute Gasteiger partial charge is 0.508 e. The van der Waals surface area contributed by atoms with E-state index in [1.54, 1.807) is 25.1 Å². The van der Waals surface area contributed by atoms with Gasteiger partial charge in [0.2, 0.25) is 0 Å². The van der Waals surface area contributed by atoms with Gasteiger partial charge >= 0.3 is 0 Å². The zero-order chi connectivity index (χ0) is 14.0. The summed E-state index contributed by atoms with van der Waals surface area (Å²) in [6, 6.07) is 5.20. The SMILES string of the molecule is CCC1COC(C)CN1C(=O)c1cccc(O)c1C. The number of carbonyl (C=O) groups excluding carboxylic acids is 1. The summed E-state index contributed by atoms with van der Waals surface area (Å²) >= 11 is 0. The van der Waals surface area contributed by atoms with Crippen LogP contribution in [0, 0.1) is 6.92 Å². The Balaban J connectivity index is 2.28. The molecule has 0 radical (unpaired) electrons. The number of benzene rings is 1. The van der Waals surface area contributed by atoms with Gasteiger partial charge in [0.1, 0.15) is 5.75 Å². The van der Waals surface area contributed by atoms with Crippen LogP contribution in [0.25, 0.3) is 0 Å². The zero-order valence-electron chi connectivity index (χ0n) is 11.7. The van der Waals surface area contributed by atoms with Crippen molar-refractivity contribution in [1.29, 1.82) is 0 Å². The van der Waals surface area contributed by atoms with Crippen LogP contribution >= 0.6 is 0 Å². The van der Waals surface area contributed by atoms with Crippen LogP contribution in [0.3, 0.4) is 0 Å². The normalized spacial score (nSPS) is 23.4. The van der Waals surface area contributed by atoms with Crippen molar-refractivity contribution in [3.05, 3.63) is 29.3 Å². The fraction of sp³-hybridized carbons (Fsp3) is 0.533. The lowest BCUT2D eigenvalue weighted by molar-refractivity contribution is -0.0444. The molecule has 1 fully saturated rings. The first-order valence-electron chi connectivity index (χ1n) is 6.75. The predicted molar refractivity (Wildman–Crippen MR) is 73.4 cm³/mol. The summed E-state index contributed by atoms with van der Waals surface area (Å²) in [5, 5.41) is 9.73. The number of amides is 1. The Kier molecular flexibility index (Phi) is 4.10. The van der Waals surface area contributed by atoms with Gasteiger partial charge in [0, 0.05) is 17.7 Å². The molecule has 2 unspecified atom stereocenters. The van der Waals surface area contributed by atoms with E-state index in [4.69, 9.17) is 4.74 Å². The number of ether oxygens (including phenoxy) is 1. The summed E-state index contributed by atoms with van der Waals surface area (Å²) in [6.07, 6.45) is 0.931. The van der Waals surface area contributed by atoms with Crippen LogP contribution in [0.1, 0.15) is 36.2 Å². The molecule has 1 aliphatic heterocycles. The fourth-order valence-electron chi connectivity index (χ4n) is 2.44. The van der Waals surface area contributed by atoms with Crippen molar-refractivity contribution in [3.8, 4) is 5.75 Å². The molecule has 4 heteroatoms. The first-order valence-corrected chi connectivity index (χ1v) is 6.75. The van der Waals surface area contributed by atoms with E-state index in [2.05, 4.69) is 6.92 Å². The Morgan fingerprint density at radius 2 is 2.26 bits per heavy atom. The predicted octanol–water partition coefficient (Wildman–Crippen LogP) is 2.34. The highest BCUT2D eigenvalue weighted by molar-refractivity contribution is 5.96. The molecule has 1 amide bonds. The molecule has 2 rings (SSSR count).